The van der Waals surface area contributed by atoms with Gasteiger partial charge in [0, 0.05) is 23.4 Å². The van der Waals surface area contributed by atoms with Gasteiger partial charge in [0.2, 0.25) is 0 Å². The Morgan fingerprint density at radius 2 is 1.86 bits per heavy atom. The van der Waals surface area contributed by atoms with E-state index < -0.39 is 4.92 Å². The van der Waals surface area contributed by atoms with E-state index in [-0.39, 0.29) is 17.0 Å². The molecule has 0 saturated heterocycles. The van der Waals surface area contributed by atoms with Gasteiger partial charge in [-0.25, -0.2) is 4.99 Å². The molecule has 8 nitrogen and oxygen atoms in total. The lowest BCUT2D eigenvalue weighted by atomic mass is 10.1. The average molecular weight is 408 g/mol. The zero-order valence-corrected chi connectivity index (χ0v) is 16.3. The Hall–Kier alpha value is -3.59. The summed E-state index contributed by atoms with van der Waals surface area (Å²) < 4.78 is 2.12. The van der Waals surface area contributed by atoms with Crippen molar-refractivity contribution >= 4 is 34.6 Å². The highest BCUT2D eigenvalue weighted by molar-refractivity contribution is 7.07. The van der Waals surface area contributed by atoms with Gasteiger partial charge in [-0.1, -0.05) is 11.3 Å². The topological polar surface area (TPSA) is 97.8 Å². The lowest BCUT2D eigenvalue weighted by Crippen LogP contribution is -2.42. The Labute approximate surface area is 168 Å². The van der Waals surface area contributed by atoms with Gasteiger partial charge in [-0.05, 0) is 55.0 Å². The van der Waals surface area contributed by atoms with E-state index in [0.29, 0.717) is 33.8 Å². The summed E-state index contributed by atoms with van der Waals surface area (Å²) in [6.07, 6.45) is 1.71. The number of carbonyl (C=O) groups excluding carboxylic acids is 1. The minimum Gasteiger partial charge on any atom is -0.334 e. The summed E-state index contributed by atoms with van der Waals surface area (Å²) >= 11 is 1.29. The fourth-order valence-electron chi connectivity index (χ4n) is 3.03. The van der Waals surface area contributed by atoms with Crippen LogP contribution in [0, 0.1) is 10.1 Å². The molecule has 0 spiro atoms. The van der Waals surface area contributed by atoms with Gasteiger partial charge in [0.15, 0.2) is 10.6 Å². The molecule has 0 amide bonds. The number of hydrogen-bond acceptors (Lipinski definition) is 7. The molecule has 0 bridgehead atoms. The van der Waals surface area contributed by atoms with E-state index in [1.165, 1.54) is 30.4 Å². The number of Topliss-reactive ketones (excluding diaryl/α,β-unsaturated/α-hetero) is 1. The molecule has 3 aromatic rings. The van der Waals surface area contributed by atoms with Crippen molar-refractivity contribution in [1.82, 2.24) is 4.57 Å². The van der Waals surface area contributed by atoms with Crippen LogP contribution in [0.4, 0.5) is 11.4 Å². The standard InChI is InChI=1S/C20H16N4O4S/c1-13(25)15-4-8-16(9-5-15)22-11-21-20-23(12-22)19(26)18(29-20)10-14-2-6-17(7-3-14)24(27)28/h2-10H,11-12H2,1H3. The third-order valence-electron chi connectivity index (χ3n) is 4.62. The average Bonchev–Trinajstić information content (AvgIpc) is 3.03. The molecule has 0 aliphatic carbocycles. The molecule has 4 rings (SSSR count). The van der Waals surface area contributed by atoms with Crippen LogP contribution in [-0.2, 0) is 6.67 Å². The maximum absolute atomic E-state index is 12.8. The third kappa shape index (κ3) is 3.72. The van der Waals surface area contributed by atoms with Gasteiger partial charge in [-0.3, -0.25) is 24.3 Å². The largest absolute Gasteiger partial charge is 0.334 e. The van der Waals surface area contributed by atoms with Crippen LogP contribution in [0.3, 0.4) is 0 Å². The van der Waals surface area contributed by atoms with Crippen LogP contribution in [0.2, 0.25) is 0 Å². The number of rotatable bonds is 4. The number of nitro benzene ring substituents is 1. The van der Waals surface area contributed by atoms with Gasteiger partial charge in [-0.2, -0.15) is 0 Å². The number of carbonyl (C=O) groups is 1. The van der Waals surface area contributed by atoms with Crippen LogP contribution in [0.25, 0.3) is 6.08 Å². The predicted octanol–water partition coefficient (Wildman–Crippen LogP) is 1.90. The smallest absolute Gasteiger partial charge is 0.271 e. The number of thiazole rings is 1. The first-order valence-electron chi connectivity index (χ1n) is 8.78. The first kappa shape index (κ1) is 18.8. The van der Waals surface area contributed by atoms with Crippen LogP contribution in [0.5, 0.6) is 0 Å². The molecule has 9 heteroatoms. The second-order valence-electron chi connectivity index (χ2n) is 6.56. The Bertz CT molecular complexity index is 1270. The van der Waals surface area contributed by atoms with Gasteiger partial charge in [0.1, 0.15) is 13.3 Å². The Balaban J connectivity index is 1.63. The fraction of sp³-hybridized carbons (Fsp3) is 0.150. The van der Waals surface area contributed by atoms with Crippen LogP contribution in [0.15, 0.2) is 58.3 Å². The van der Waals surface area contributed by atoms with E-state index in [4.69, 9.17) is 0 Å². The van der Waals surface area contributed by atoms with E-state index >= 15 is 0 Å². The number of nitrogens with zero attached hydrogens (tertiary/aromatic N) is 4. The second-order valence-corrected chi connectivity index (χ2v) is 7.57. The monoisotopic (exact) mass is 408 g/mol. The quantitative estimate of drug-likeness (QED) is 0.373. The van der Waals surface area contributed by atoms with Gasteiger partial charge in [-0.15, -0.1) is 0 Å². The van der Waals surface area contributed by atoms with Crippen molar-refractivity contribution in [2.75, 3.05) is 11.6 Å². The van der Waals surface area contributed by atoms with Crippen molar-refractivity contribution in [3.63, 3.8) is 0 Å². The van der Waals surface area contributed by atoms with Crippen molar-refractivity contribution < 1.29 is 9.72 Å². The summed E-state index contributed by atoms with van der Waals surface area (Å²) in [4.78, 5) is 41.6. The zero-order valence-electron chi connectivity index (χ0n) is 15.4. The zero-order chi connectivity index (χ0) is 20.5. The number of anilines is 1. The summed E-state index contributed by atoms with van der Waals surface area (Å²) in [6.45, 7) is 2.30. The van der Waals surface area contributed by atoms with Crippen molar-refractivity contribution in [2.24, 2.45) is 4.99 Å². The molecule has 0 radical (unpaired) electrons. The molecule has 2 aromatic carbocycles. The molecule has 1 aliphatic rings. The minimum absolute atomic E-state index is 0.00245. The van der Waals surface area contributed by atoms with E-state index in [1.54, 1.807) is 34.9 Å². The van der Waals surface area contributed by atoms with E-state index in [1.807, 2.05) is 17.0 Å². The van der Waals surface area contributed by atoms with Crippen LogP contribution >= 0.6 is 11.3 Å². The van der Waals surface area contributed by atoms with Gasteiger partial charge < -0.3 is 4.90 Å². The molecule has 1 aliphatic heterocycles. The number of aromatic nitrogens is 1. The Kier molecular flexibility index (Phi) is 4.81. The first-order chi connectivity index (χ1) is 13.9. The predicted molar refractivity (Wildman–Crippen MR) is 110 cm³/mol. The number of ketones is 1. The van der Waals surface area contributed by atoms with Crippen LogP contribution in [0.1, 0.15) is 22.8 Å². The van der Waals surface area contributed by atoms with Gasteiger partial charge >= 0.3 is 0 Å². The van der Waals surface area contributed by atoms with Crippen molar-refractivity contribution in [3.05, 3.63) is 89.5 Å². The fourth-order valence-corrected chi connectivity index (χ4v) is 3.99. The lowest BCUT2D eigenvalue weighted by molar-refractivity contribution is -0.384. The van der Waals surface area contributed by atoms with E-state index in [9.17, 15) is 19.7 Å². The molecular weight excluding hydrogens is 392 g/mol. The number of fused-ring (bicyclic) bond motifs is 1. The summed E-state index contributed by atoms with van der Waals surface area (Å²) in [5, 5.41) is 10.8. The highest BCUT2D eigenvalue weighted by Crippen LogP contribution is 2.17. The van der Waals surface area contributed by atoms with Gasteiger partial charge in [0.05, 0.1) is 9.46 Å². The highest BCUT2D eigenvalue weighted by Gasteiger charge is 2.16. The number of hydrogen-bond donors (Lipinski definition) is 0. The molecule has 146 valence electrons. The minimum atomic E-state index is -0.459. The lowest BCUT2D eigenvalue weighted by Gasteiger charge is -2.25. The Morgan fingerprint density at radius 1 is 1.17 bits per heavy atom. The number of non-ortho nitro benzene ring substituents is 1. The second kappa shape index (κ2) is 7.44. The summed E-state index contributed by atoms with van der Waals surface area (Å²) in [7, 11) is 0. The molecule has 1 aromatic heterocycles. The van der Waals surface area contributed by atoms with Crippen molar-refractivity contribution in [2.45, 2.75) is 13.6 Å². The third-order valence-corrected chi connectivity index (χ3v) is 5.66. The highest BCUT2D eigenvalue weighted by atomic mass is 32.1. The van der Waals surface area contributed by atoms with Crippen molar-refractivity contribution in [3.8, 4) is 0 Å². The Morgan fingerprint density at radius 3 is 2.48 bits per heavy atom. The SMILES string of the molecule is CC(=O)c1ccc(N2CN=c3sc(=Cc4ccc([N+](=O)[O-])cc4)c(=O)n3C2)cc1. The molecule has 0 N–H and O–H groups in total. The molecule has 0 atom stereocenters. The molecule has 29 heavy (non-hydrogen) atoms. The normalized spacial score (nSPS) is 13.7. The molecule has 0 fully saturated rings. The van der Waals surface area contributed by atoms with Gasteiger partial charge in [0.25, 0.3) is 11.2 Å². The summed E-state index contributed by atoms with van der Waals surface area (Å²) in [5.74, 6) is 0.00245. The summed E-state index contributed by atoms with van der Waals surface area (Å²) in [5.41, 5.74) is 2.07. The molecule has 0 unspecified atom stereocenters. The molecule has 0 saturated carbocycles. The number of nitro groups is 1. The van der Waals surface area contributed by atoms with E-state index in [2.05, 4.69) is 4.99 Å². The maximum Gasteiger partial charge on any atom is 0.271 e. The molecular formula is C20H16N4O4S. The maximum atomic E-state index is 12.8. The van der Waals surface area contributed by atoms with Crippen molar-refractivity contribution in [1.29, 1.82) is 0 Å². The van der Waals surface area contributed by atoms with E-state index in [0.717, 1.165) is 5.69 Å². The van der Waals surface area contributed by atoms with Crippen LogP contribution < -0.4 is 19.8 Å². The number of benzene rings is 2. The van der Waals surface area contributed by atoms with Crippen LogP contribution in [-0.4, -0.2) is 21.9 Å². The summed E-state index contributed by atoms with van der Waals surface area (Å²) in [6, 6.07) is 13.3. The first-order valence-corrected chi connectivity index (χ1v) is 9.60. The molecule has 2 heterocycles.